The number of hydrogen-bond acceptors (Lipinski definition) is 7. The summed E-state index contributed by atoms with van der Waals surface area (Å²) >= 11 is 6.28. The highest BCUT2D eigenvalue weighted by Gasteiger charge is 2.41. The highest BCUT2D eigenvalue weighted by Crippen LogP contribution is 2.38. The molecule has 1 fully saturated rings. The molecule has 3 rings (SSSR count). The molecule has 1 aliphatic heterocycles. The molecule has 11 heteroatoms. The average molecular weight is 455 g/mol. The topological polar surface area (TPSA) is 97.9 Å². The van der Waals surface area contributed by atoms with Gasteiger partial charge < -0.3 is 19.2 Å². The SMILES string of the molecule is CN(C)C=Nc1nc(Cl)c2ncn([C@H]3C[C@H](O)[C@@H](CO[Si](C)(C)C(C)(C)C)O3)c2n1. The van der Waals surface area contributed by atoms with E-state index < -0.39 is 26.8 Å². The molecule has 0 bridgehead atoms. The van der Waals surface area contributed by atoms with Crippen molar-refractivity contribution in [1.29, 1.82) is 0 Å². The van der Waals surface area contributed by atoms with Crippen LogP contribution in [0.2, 0.25) is 23.3 Å². The molecular weight excluding hydrogens is 424 g/mol. The Labute approximate surface area is 183 Å². The molecule has 1 saturated heterocycles. The molecule has 30 heavy (non-hydrogen) atoms. The minimum atomic E-state index is -1.94. The second-order valence-electron chi connectivity index (χ2n) is 9.35. The largest absolute Gasteiger partial charge is 0.414 e. The van der Waals surface area contributed by atoms with Gasteiger partial charge in [-0.25, -0.2) is 9.98 Å². The van der Waals surface area contributed by atoms with Gasteiger partial charge in [0.1, 0.15) is 17.8 Å². The molecule has 3 atom stereocenters. The summed E-state index contributed by atoms with van der Waals surface area (Å²) in [6, 6.07) is 0. The molecule has 0 aromatic carbocycles. The van der Waals surface area contributed by atoms with Crippen LogP contribution in [0, 0.1) is 0 Å². The summed E-state index contributed by atoms with van der Waals surface area (Å²) in [6.07, 6.45) is 2.15. The van der Waals surface area contributed by atoms with Crippen molar-refractivity contribution >= 4 is 43.4 Å². The smallest absolute Gasteiger partial charge is 0.254 e. The summed E-state index contributed by atoms with van der Waals surface area (Å²) in [5.74, 6) is 0.235. The number of imidazole rings is 1. The van der Waals surface area contributed by atoms with Crippen LogP contribution in [0.1, 0.15) is 33.4 Å². The van der Waals surface area contributed by atoms with E-state index in [2.05, 4.69) is 53.8 Å². The van der Waals surface area contributed by atoms with Crippen LogP contribution in [0.25, 0.3) is 11.2 Å². The third-order valence-corrected chi connectivity index (χ3v) is 10.5. The first-order valence-corrected chi connectivity index (χ1v) is 13.3. The lowest BCUT2D eigenvalue weighted by molar-refractivity contribution is -0.0405. The predicted molar refractivity (Wildman–Crippen MR) is 120 cm³/mol. The minimum Gasteiger partial charge on any atom is -0.414 e. The number of aliphatic hydroxyl groups is 1. The van der Waals surface area contributed by atoms with E-state index >= 15 is 0 Å². The van der Waals surface area contributed by atoms with Gasteiger partial charge in [0, 0.05) is 20.5 Å². The van der Waals surface area contributed by atoms with Gasteiger partial charge in [0.2, 0.25) is 0 Å². The highest BCUT2D eigenvalue weighted by atomic mass is 35.5. The number of rotatable bonds is 6. The van der Waals surface area contributed by atoms with Gasteiger partial charge in [-0.1, -0.05) is 32.4 Å². The van der Waals surface area contributed by atoms with E-state index in [0.29, 0.717) is 24.2 Å². The monoisotopic (exact) mass is 454 g/mol. The molecule has 0 unspecified atom stereocenters. The Kier molecular flexibility index (Phi) is 6.54. The van der Waals surface area contributed by atoms with Gasteiger partial charge in [0.15, 0.2) is 19.1 Å². The van der Waals surface area contributed by atoms with Crippen LogP contribution in [0.3, 0.4) is 0 Å². The van der Waals surface area contributed by atoms with E-state index in [4.69, 9.17) is 20.8 Å². The molecule has 1 N–H and O–H groups in total. The number of ether oxygens (including phenoxy) is 1. The maximum atomic E-state index is 10.6. The molecule has 0 saturated carbocycles. The predicted octanol–water partition coefficient (Wildman–Crippen LogP) is 3.37. The summed E-state index contributed by atoms with van der Waals surface area (Å²) < 4.78 is 14.2. The van der Waals surface area contributed by atoms with Crippen LogP contribution in [-0.2, 0) is 9.16 Å². The van der Waals surface area contributed by atoms with Gasteiger partial charge >= 0.3 is 0 Å². The molecule has 0 amide bonds. The third kappa shape index (κ3) is 4.83. The number of halogens is 1. The summed E-state index contributed by atoms with van der Waals surface area (Å²) in [5.41, 5.74) is 0.989. The van der Waals surface area contributed by atoms with Crippen molar-refractivity contribution in [3.8, 4) is 0 Å². The van der Waals surface area contributed by atoms with Gasteiger partial charge in [-0.05, 0) is 18.1 Å². The van der Waals surface area contributed by atoms with E-state index in [-0.39, 0.29) is 16.1 Å². The Balaban J connectivity index is 1.80. The lowest BCUT2D eigenvalue weighted by Crippen LogP contribution is -2.43. The minimum absolute atomic E-state index is 0.0909. The first-order valence-electron chi connectivity index (χ1n) is 9.97. The third-order valence-electron chi connectivity index (χ3n) is 5.70. The Morgan fingerprint density at radius 3 is 2.73 bits per heavy atom. The average Bonchev–Trinajstić information content (AvgIpc) is 3.21. The zero-order valence-electron chi connectivity index (χ0n) is 18.6. The van der Waals surface area contributed by atoms with Crippen molar-refractivity contribution in [1.82, 2.24) is 24.4 Å². The van der Waals surface area contributed by atoms with E-state index in [0.717, 1.165) is 0 Å². The first-order chi connectivity index (χ1) is 13.9. The maximum Gasteiger partial charge on any atom is 0.254 e. The van der Waals surface area contributed by atoms with Crippen molar-refractivity contribution in [2.45, 2.75) is 63.8 Å². The van der Waals surface area contributed by atoms with Gasteiger partial charge in [-0.15, -0.1) is 0 Å². The van der Waals surface area contributed by atoms with Crippen molar-refractivity contribution in [2.24, 2.45) is 4.99 Å². The maximum absolute atomic E-state index is 10.6. The number of aromatic nitrogens is 4. The number of hydrogen-bond donors (Lipinski definition) is 1. The van der Waals surface area contributed by atoms with Crippen LogP contribution < -0.4 is 0 Å². The number of nitrogens with zero attached hydrogens (tertiary/aromatic N) is 6. The van der Waals surface area contributed by atoms with Crippen molar-refractivity contribution in [3.05, 3.63) is 11.5 Å². The molecule has 9 nitrogen and oxygen atoms in total. The fourth-order valence-electron chi connectivity index (χ4n) is 2.85. The number of aliphatic hydroxyl groups excluding tert-OH is 1. The molecule has 0 radical (unpaired) electrons. The normalized spacial score (nSPS) is 23.0. The summed E-state index contributed by atoms with van der Waals surface area (Å²) in [4.78, 5) is 19.0. The molecule has 1 aliphatic rings. The van der Waals surface area contributed by atoms with Gasteiger partial charge in [0.25, 0.3) is 5.95 Å². The fraction of sp³-hybridized carbons (Fsp3) is 0.684. The lowest BCUT2D eigenvalue weighted by Gasteiger charge is -2.37. The van der Waals surface area contributed by atoms with Crippen LogP contribution in [-0.4, -0.2) is 77.1 Å². The molecule has 2 aromatic heterocycles. The van der Waals surface area contributed by atoms with Gasteiger partial charge in [-0.2, -0.15) is 9.97 Å². The summed E-state index contributed by atoms with van der Waals surface area (Å²) in [7, 11) is 1.77. The van der Waals surface area contributed by atoms with E-state index in [1.165, 1.54) is 0 Å². The molecule has 3 heterocycles. The molecule has 166 valence electrons. The van der Waals surface area contributed by atoms with Crippen molar-refractivity contribution in [3.63, 3.8) is 0 Å². The standard InChI is InChI=1S/C19H31ClN6O3Si/c1-19(2,3)30(6,7)28-9-13-12(27)8-14(29-13)26-11-21-15-16(20)23-18(24-17(15)26)22-10-25(4)5/h10-14,27H,8-9H2,1-7H3/t12-,13+,14+/m0/s1. The summed E-state index contributed by atoms with van der Waals surface area (Å²) in [6.45, 7) is 11.3. The second kappa shape index (κ2) is 8.50. The Morgan fingerprint density at radius 1 is 1.40 bits per heavy atom. The Morgan fingerprint density at radius 2 is 2.10 bits per heavy atom. The molecule has 0 spiro atoms. The number of fused-ring (bicyclic) bond motifs is 1. The lowest BCUT2D eigenvalue weighted by atomic mass is 10.2. The van der Waals surface area contributed by atoms with Crippen LogP contribution in [0.4, 0.5) is 5.95 Å². The molecular formula is C19H31ClN6O3Si. The van der Waals surface area contributed by atoms with Crippen LogP contribution >= 0.6 is 11.6 Å². The molecule has 0 aliphatic carbocycles. The quantitative estimate of drug-likeness (QED) is 0.309. The fourth-order valence-corrected chi connectivity index (χ4v) is 4.07. The van der Waals surface area contributed by atoms with Crippen molar-refractivity contribution < 1.29 is 14.3 Å². The van der Waals surface area contributed by atoms with Crippen LogP contribution in [0.15, 0.2) is 11.3 Å². The van der Waals surface area contributed by atoms with E-state index in [9.17, 15) is 5.11 Å². The van der Waals surface area contributed by atoms with E-state index in [1.807, 2.05) is 14.1 Å². The second-order valence-corrected chi connectivity index (χ2v) is 14.5. The van der Waals surface area contributed by atoms with Gasteiger partial charge in [-0.3, -0.25) is 4.57 Å². The number of aliphatic imine (C=N–C) groups is 1. The van der Waals surface area contributed by atoms with E-state index in [1.54, 1.807) is 22.1 Å². The Hall–Kier alpha value is -1.59. The first kappa shape index (κ1) is 23.1. The zero-order valence-corrected chi connectivity index (χ0v) is 20.4. The highest BCUT2D eigenvalue weighted by molar-refractivity contribution is 6.74. The van der Waals surface area contributed by atoms with Gasteiger partial charge in [0.05, 0.1) is 25.4 Å². The zero-order chi connectivity index (χ0) is 22.3. The summed E-state index contributed by atoms with van der Waals surface area (Å²) in [5, 5.41) is 10.9. The molecule has 2 aromatic rings. The van der Waals surface area contributed by atoms with Crippen molar-refractivity contribution in [2.75, 3.05) is 20.7 Å². The van der Waals surface area contributed by atoms with Crippen LogP contribution in [0.5, 0.6) is 0 Å². The Bertz CT molecular complexity index is 927.